The number of anilines is 1. The molecule has 1 aromatic rings. The third-order valence-corrected chi connectivity index (χ3v) is 3.06. The van der Waals surface area contributed by atoms with Gasteiger partial charge in [0.25, 0.3) is 5.91 Å². The van der Waals surface area contributed by atoms with Gasteiger partial charge in [-0.25, -0.2) is 0 Å². The number of rotatable bonds is 2. The van der Waals surface area contributed by atoms with Crippen molar-refractivity contribution in [3.63, 3.8) is 0 Å². The van der Waals surface area contributed by atoms with Crippen molar-refractivity contribution in [2.24, 2.45) is 5.73 Å². The topological polar surface area (TPSA) is 55.6 Å². The summed E-state index contributed by atoms with van der Waals surface area (Å²) in [5, 5.41) is 0. The van der Waals surface area contributed by atoms with E-state index in [-0.39, 0.29) is 5.91 Å². The molecule has 4 nitrogen and oxygen atoms in total. The lowest BCUT2D eigenvalue weighted by molar-refractivity contribution is -0.126. The first kappa shape index (κ1) is 11.9. The van der Waals surface area contributed by atoms with Crippen LogP contribution in [-0.4, -0.2) is 25.6 Å². The number of ether oxygens (including phenoxy) is 1. The highest BCUT2D eigenvalue weighted by atomic mass is 16.5. The molecule has 0 fully saturated rings. The molecule has 4 heteroatoms. The van der Waals surface area contributed by atoms with Crippen molar-refractivity contribution >= 4 is 11.6 Å². The molecule has 1 amide bonds. The number of aryl methyl sites for hydroxylation is 2. The number of amides is 1. The highest BCUT2D eigenvalue weighted by molar-refractivity contribution is 6.00. The maximum absolute atomic E-state index is 12.0. The van der Waals surface area contributed by atoms with Crippen molar-refractivity contribution in [1.82, 2.24) is 0 Å². The fourth-order valence-corrected chi connectivity index (χ4v) is 2.20. The third kappa shape index (κ3) is 2.00. The van der Waals surface area contributed by atoms with Crippen LogP contribution in [-0.2, 0) is 4.79 Å². The summed E-state index contributed by atoms with van der Waals surface area (Å²) in [5.41, 5.74) is 8.53. The molecule has 0 bridgehead atoms. The van der Waals surface area contributed by atoms with E-state index in [1.807, 2.05) is 19.9 Å². The van der Waals surface area contributed by atoms with Gasteiger partial charge in [0, 0.05) is 13.5 Å². The fraction of sp³-hybridized carbons (Fsp3) is 0.462. The minimum Gasteiger partial charge on any atom is -0.478 e. The van der Waals surface area contributed by atoms with Crippen molar-refractivity contribution in [3.05, 3.63) is 23.3 Å². The van der Waals surface area contributed by atoms with Crippen LogP contribution in [0, 0.1) is 13.8 Å². The molecule has 0 spiro atoms. The highest BCUT2D eigenvalue weighted by Crippen LogP contribution is 2.37. The summed E-state index contributed by atoms with van der Waals surface area (Å²) in [7, 11) is 1.78. The molecular formula is C13H18N2O2. The molecule has 0 aliphatic carbocycles. The van der Waals surface area contributed by atoms with E-state index in [4.69, 9.17) is 10.5 Å². The van der Waals surface area contributed by atoms with Crippen molar-refractivity contribution in [3.8, 4) is 5.75 Å². The fourth-order valence-electron chi connectivity index (χ4n) is 2.20. The maximum atomic E-state index is 12.0. The van der Waals surface area contributed by atoms with E-state index in [1.165, 1.54) is 0 Å². The standard InChI is InChI=1S/C13H18N2O2/c1-8-6-9(2)12-10(7-8)15(3)13(16)11(17-12)4-5-14/h6-7,11H,4-5,14H2,1-3H3. The van der Waals surface area contributed by atoms with Gasteiger partial charge in [-0.15, -0.1) is 0 Å². The Morgan fingerprint density at radius 3 is 2.76 bits per heavy atom. The van der Waals surface area contributed by atoms with Crippen LogP contribution < -0.4 is 15.4 Å². The van der Waals surface area contributed by atoms with Crippen molar-refractivity contribution < 1.29 is 9.53 Å². The lowest BCUT2D eigenvalue weighted by Crippen LogP contribution is -2.44. The molecule has 1 atom stereocenters. The van der Waals surface area contributed by atoms with Crippen LogP contribution in [0.15, 0.2) is 12.1 Å². The Kier molecular flexibility index (Phi) is 3.07. The normalized spacial score (nSPS) is 18.9. The van der Waals surface area contributed by atoms with Crippen molar-refractivity contribution in [2.75, 3.05) is 18.5 Å². The van der Waals surface area contributed by atoms with Crippen LogP contribution >= 0.6 is 0 Å². The molecule has 1 aromatic carbocycles. The minimum absolute atomic E-state index is 0.0204. The average Bonchev–Trinajstić information content (AvgIpc) is 2.27. The zero-order valence-corrected chi connectivity index (χ0v) is 10.5. The zero-order valence-electron chi connectivity index (χ0n) is 10.5. The number of likely N-dealkylation sites (N-methyl/N-ethyl adjacent to an activating group) is 1. The molecule has 17 heavy (non-hydrogen) atoms. The van der Waals surface area contributed by atoms with Gasteiger partial charge >= 0.3 is 0 Å². The van der Waals surface area contributed by atoms with E-state index in [1.54, 1.807) is 11.9 Å². The monoisotopic (exact) mass is 234 g/mol. The summed E-state index contributed by atoms with van der Waals surface area (Å²) in [6, 6.07) is 4.03. The van der Waals surface area contributed by atoms with Crippen LogP contribution in [0.25, 0.3) is 0 Å². The summed E-state index contributed by atoms with van der Waals surface area (Å²) >= 11 is 0. The SMILES string of the molecule is Cc1cc(C)c2c(c1)N(C)C(=O)C(CCN)O2. The van der Waals surface area contributed by atoms with E-state index < -0.39 is 6.10 Å². The number of carbonyl (C=O) groups excluding carboxylic acids is 1. The van der Waals surface area contributed by atoms with Gasteiger partial charge in [-0.2, -0.15) is 0 Å². The van der Waals surface area contributed by atoms with E-state index in [9.17, 15) is 4.79 Å². The summed E-state index contributed by atoms with van der Waals surface area (Å²) in [4.78, 5) is 13.7. The van der Waals surface area contributed by atoms with E-state index >= 15 is 0 Å². The molecule has 2 rings (SSSR count). The second-order valence-corrected chi connectivity index (χ2v) is 4.51. The summed E-state index contributed by atoms with van der Waals surface area (Å²) in [5.74, 6) is 0.782. The van der Waals surface area contributed by atoms with Crippen LogP contribution in [0.4, 0.5) is 5.69 Å². The predicted molar refractivity (Wildman–Crippen MR) is 67.4 cm³/mol. The predicted octanol–water partition coefficient (Wildman–Crippen LogP) is 1.38. The van der Waals surface area contributed by atoms with Crippen LogP contribution in [0.3, 0.4) is 0 Å². The van der Waals surface area contributed by atoms with Gasteiger partial charge in [0.05, 0.1) is 5.69 Å². The molecule has 0 saturated heterocycles. The Balaban J connectivity index is 2.45. The smallest absolute Gasteiger partial charge is 0.267 e. The average molecular weight is 234 g/mol. The molecule has 92 valence electrons. The minimum atomic E-state index is -0.445. The van der Waals surface area contributed by atoms with E-state index in [2.05, 4.69) is 6.07 Å². The van der Waals surface area contributed by atoms with Crippen molar-refractivity contribution in [1.29, 1.82) is 0 Å². The van der Waals surface area contributed by atoms with Crippen LogP contribution in [0.1, 0.15) is 17.5 Å². The molecule has 1 heterocycles. The molecule has 0 radical (unpaired) electrons. The number of nitrogens with two attached hydrogens (primary N) is 1. The van der Waals surface area contributed by atoms with Crippen LogP contribution in [0.2, 0.25) is 0 Å². The zero-order chi connectivity index (χ0) is 12.6. The number of fused-ring (bicyclic) bond motifs is 1. The van der Waals surface area contributed by atoms with Gasteiger partial charge in [-0.05, 0) is 37.6 Å². The second-order valence-electron chi connectivity index (χ2n) is 4.51. The molecule has 1 aliphatic heterocycles. The summed E-state index contributed by atoms with van der Waals surface area (Å²) < 4.78 is 5.77. The highest BCUT2D eigenvalue weighted by Gasteiger charge is 2.32. The first-order valence-electron chi connectivity index (χ1n) is 5.80. The number of hydrogen-bond acceptors (Lipinski definition) is 3. The maximum Gasteiger partial charge on any atom is 0.267 e. The van der Waals surface area contributed by atoms with Gasteiger partial charge in [0.1, 0.15) is 5.75 Å². The third-order valence-electron chi connectivity index (χ3n) is 3.06. The Labute approximate surface area is 101 Å². The van der Waals surface area contributed by atoms with Gasteiger partial charge in [-0.3, -0.25) is 4.79 Å². The van der Waals surface area contributed by atoms with Gasteiger partial charge in [0.2, 0.25) is 0 Å². The lowest BCUT2D eigenvalue weighted by atomic mass is 10.1. The molecule has 2 N–H and O–H groups in total. The number of nitrogens with zero attached hydrogens (tertiary/aromatic N) is 1. The summed E-state index contributed by atoms with van der Waals surface area (Å²) in [6.45, 7) is 4.46. The molecule has 1 aliphatic rings. The first-order valence-corrected chi connectivity index (χ1v) is 5.80. The Morgan fingerprint density at radius 1 is 1.41 bits per heavy atom. The number of carbonyl (C=O) groups is 1. The second kappa shape index (κ2) is 4.37. The number of benzene rings is 1. The van der Waals surface area contributed by atoms with Gasteiger partial charge < -0.3 is 15.4 Å². The lowest BCUT2D eigenvalue weighted by Gasteiger charge is -2.33. The van der Waals surface area contributed by atoms with E-state index in [0.29, 0.717) is 13.0 Å². The van der Waals surface area contributed by atoms with E-state index in [0.717, 1.165) is 22.6 Å². The van der Waals surface area contributed by atoms with Gasteiger partial charge in [0.15, 0.2) is 6.10 Å². The van der Waals surface area contributed by atoms with Gasteiger partial charge in [-0.1, -0.05) is 6.07 Å². The number of hydrogen-bond donors (Lipinski definition) is 1. The molecule has 1 unspecified atom stereocenters. The van der Waals surface area contributed by atoms with Crippen LogP contribution in [0.5, 0.6) is 5.75 Å². The quantitative estimate of drug-likeness (QED) is 0.841. The molecular weight excluding hydrogens is 216 g/mol. The Bertz CT molecular complexity index is 457. The molecule has 0 saturated carbocycles. The largest absolute Gasteiger partial charge is 0.478 e. The summed E-state index contributed by atoms with van der Waals surface area (Å²) in [6.07, 6.45) is 0.106. The Hall–Kier alpha value is -1.55. The molecule has 0 aromatic heterocycles. The first-order chi connectivity index (χ1) is 8.04. The Morgan fingerprint density at radius 2 is 2.12 bits per heavy atom. The van der Waals surface area contributed by atoms with Crippen molar-refractivity contribution in [2.45, 2.75) is 26.4 Å².